The molecule has 0 unspecified atom stereocenters. The normalized spacial score (nSPS) is 14.6. The van der Waals surface area contributed by atoms with Crippen molar-refractivity contribution >= 4 is 57.0 Å². The van der Waals surface area contributed by atoms with Crippen LogP contribution in [0.2, 0.25) is 0 Å². The molecule has 2 aliphatic heterocycles. The molecule has 10 aromatic carbocycles. The monoisotopic (exact) mass is 1030 g/mol. The third-order valence-electron chi connectivity index (χ3n) is 15.1. The van der Waals surface area contributed by atoms with Crippen LogP contribution in [0.25, 0.3) is 55.6 Å². The van der Waals surface area contributed by atoms with Crippen molar-refractivity contribution in [3.8, 4) is 55.6 Å². The molecule has 5 nitrogen and oxygen atoms in total. The van der Waals surface area contributed by atoms with Gasteiger partial charge in [0.1, 0.15) is 12.5 Å². The van der Waals surface area contributed by atoms with Crippen LogP contribution in [0.1, 0.15) is 66.4 Å². The molecular weight excluding hydrogens is 959 g/mol. The van der Waals surface area contributed by atoms with Crippen LogP contribution in [0, 0.1) is 0 Å². The number of hydrogen-bond donors (Lipinski definition) is 0. The minimum Gasteiger partial charge on any atom is -0.321 e. The summed E-state index contributed by atoms with van der Waals surface area (Å²) >= 11 is 0. The number of anilines is 10. The number of fused-ring (bicyclic) bond motifs is 6. The molecule has 0 saturated heterocycles. The number of rotatable bonds is 9. The fourth-order valence-corrected chi connectivity index (χ4v) is 11.1. The van der Waals surface area contributed by atoms with E-state index in [1.807, 2.05) is 117 Å². The van der Waals surface area contributed by atoms with Crippen LogP contribution in [0.4, 0.5) is 57.0 Å². The SMILES string of the molecule is [2H]c1c([2H])c([2H])c(-c2cc(C(C)(C)C)cc(-c3c([2H])c([2H])c([2H])c([2H])c3[2H])c2N2CN(c3cc(-c4ccccc4)cc(N(c4ccccc4)c4ccc5c(c4)N(c4ccccn4)c4cc(C(C)(C)C)ccc4-c4ccccc4-5)c3)c3ccccc32)c([2H])c1[2H]. The molecule has 0 bridgehead atoms. The molecule has 2 aliphatic rings. The highest BCUT2D eigenvalue weighted by Gasteiger charge is 2.34. The summed E-state index contributed by atoms with van der Waals surface area (Å²) in [6.45, 7) is 12.7. The van der Waals surface area contributed by atoms with Crippen molar-refractivity contribution in [1.29, 1.82) is 0 Å². The van der Waals surface area contributed by atoms with Crippen molar-refractivity contribution < 1.29 is 13.7 Å². The molecule has 79 heavy (non-hydrogen) atoms. The summed E-state index contributed by atoms with van der Waals surface area (Å²) in [5, 5.41) is 0. The van der Waals surface area contributed by atoms with E-state index in [0.717, 1.165) is 79.0 Å². The van der Waals surface area contributed by atoms with Gasteiger partial charge in [0, 0.05) is 51.2 Å². The van der Waals surface area contributed by atoms with Gasteiger partial charge in [-0.05, 0) is 140 Å². The van der Waals surface area contributed by atoms with Gasteiger partial charge >= 0.3 is 0 Å². The van der Waals surface area contributed by atoms with Gasteiger partial charge in [0.15, 0.2) is 0 Å². The molecule has 0 fully saturated rings. The largest absolute Gasteiger partial charge is 0.321 e. The lowest BCUT2D eigenvalue weighted by atomic mass is 9.82. The second kappa shape index (κ2) is 19.8. The lowest BCUT2D eigenvalue weighted by Crippen LogP contribution is -2.25. The molecule has 13 rings (SSSR count). The quantitative estimate of drug-likeness (QED) is 0.144. The Hall–Kier alpha value is -9.45. The molecule has 0 amide bonds. The van der Waals surface area contributed by atoms with E-state index in [4.69, 9.17) is 13.2 Å². The van der Waals surface area contributed by atoms with Crippen LogP contribution < -0.4 is 19.6 Å². The topological polar surface area (TPSA) is 25.9 Å². The van der Waals surface area contributed by atoms with Crippen LogP contribution in [0.3, 0.4) is 0 Å². The summed E-state index contributed by atoms with van der Waals surface area (Å²) in [5.74, 6) is 0.764. The average Bonchev–Trinajstić information content (AvgIpc) is 1.78. The zero-order valence-electron chi connectivity index (χ0n) is 55.0. The third-order valence-corrected chi connectivity index (χ3v) is 15.1. The minimum atomic E-state index is -0.644. The second-order valence-corrected chi connectivity index (χ2v) is 22.2. The number of hydrogen-bond acceptors (Lipinski definition) is 5. The second-order valence-electron chi connectivity index (χ2n) is 22.2. The van der Waals surface area contributed by atoms with Crippen molar-refractivity contribution in [3.05, 3.63) is 272 Å². The number of benzene rings is 10. The van der Waals surface area contributed by atoms with E-state index in [-0.39, 0.29) is 34.3 Å². The molecule has 1 aromatic heterocycles. The van der Waals surface area contributed by atoms with Crippen molar-refractivity contribution in [2.24, 2.45) is 0 Å². The van der Waals surface area contributed by atoms with Crippen LogP contribution in [-0.4, -0.2) is 11.7 Å². The van der Waals surface area contributed by atoms with Crippen LogP contribution >= 0.6 is 0 Å². The molecule has 384 valence electrons. The van der Waals surface area contributed by atoms with Gasteiger partial charge in [0.05, 0.1) is 42.1 Å². The minimum absolute atomic E-state index is 0.0712. The van der Waals surface area contributed by atoms with E-state index >= 15 is 0 Å². The summed E-state index contributed by atoms with van der Waals surface area (Å²) in [6, 6.07) is 61.5. The molecule has 0 N–H and O–H groups in total. The maximum atomic E-state index is 9.49. The average molecular weight is 1030 g/mol. The van der Waals surface area contributed by atoms with Gasteiger partial charge in [-0.2, -0.15) is 0 Å². The lowest BCUT2D eigenvalue weighted by Gasteiger charge is -2.32. The van der Waals surface area contributed by atoms with E-state index in [1.165, 1.54) is 5.56 Å². The van der Waals surface area contributed by atoms with E-state index in [0.29, 0.717) is 16.9 Å². The smallest absolute Gasteiger partial charge is 0.137 e. The Kier molecular flexibility index (Phi) is 9.79. The van der Waals surface area contributed by atoms with Crippen LogP contribution in [0.15, 0.2) is 261 Å². The van der Waals surface area contributed by atoms with E-state index in [1.54, 1.807) is 0 Å². The number of pyridine rings is 1. The Labute approximate surface area is 480 Å². The van der Waals surface area contributed by atoms with Crippen molar-refractivity contribution in [2.75, 3.05) is 26.3 Å². The summed E-state index contributed by atoms with van der Waals surface area (Å²) in [7, 11) is 0. The van der Waals surface area contributed by atoms with Gasteiger partial charge in [-0.3, -0.25) is 4.90 Å². The Balaban J connectivity index is 1.06. The maximum absolute atomic E-state index is 9.49. The highest BCUT2D eigenvalue weighted by Crippen LogP contribution is 2.55. The van der Waals surface area contributed by atoms with Gasteiger partial charge in [0.25, 0.3) is 0 Å². The zero-order chi connectivity index (χ0) is 62.5. The third kappa shape index (κ3) is 9.11. The molecule has 0 spiro atoms. The van der Waals surface area contributed by atoms with Gasteiger partial charge < -0.3 is 14.7 Å². The number of para-hydroxylation sites is 3. The van der Waals surface area contributed by atoms with Gasteiger partial charge in [-0.15, -0.1) is 0 Å². The predicted molar refractivity (Wildman–Crippen MR) is 334 cm³/mol. The molecule has 0 atom stereocenters. The molecule has 5 heteroatoms. The molecular formula is C74H63N5. The summed E-state index contributed by atoms with van der Waals surface area (Å²) in [6.07, 6.45) is 1.84. The fourth-order valence-electron chi connectivity index (χ4n) is 11.1. The summed E-state index contributed by atoms with van der Waals surface area (Å²) in [5.41, 5.74) is 14.6. The van der Waals surface area contributed by atoms with E-state index in [2.05, 4.69) is 145 Å². The van der Waals surface area contributed by atoms with Crippen LogP contribution in [0.5, 0.6) is 0 Å². The van der Waals surface area contributed by atoms with Crippen molar-refractivity contribution in [3.63, 3.8) is 0 Å². The first-order valence-corrected chi connectivity index (χ1v) is 26.7. The maximum Gasteiger partial charge on any atom is 0.137 e. The molecule has 3 heterocycles. The Bertz CT molecular complexity index is 4490. The zero-order valence-corrected chi connectivity index (χ0v) is 45.0. The standard InChI is InChI=1S/C74H63N5/c1-73(2,3)55-38-40-63-61-33-19-20-34-62(61)64-41-39-58(49-70(64)79(69(63)47-55)71-37-23-24-42-75-71)78(57-31-17-10-18-32-57)60-44-54(51-25-11-7-12-26-51)43-59(48-60)76-50-77(68-36-22-21-35-67(68)76)72-65(52-27-13-8-14-28-52)45-56(74(4,5)6)46-66(72)53-29-15-9-16-30-53/h7-49H,50H2,1-6H3/i8D,9D,13D,14D,15D,16D,27D,28D,29D,30D. The Morgan fingerprint density at radius 3 is 1.56 bits per heavy atom. The van der Waals surface area contributed by atoms with E-state index in [9.17, 15) is 5.48 Å². The molecule has 11 aromatic rings. The van der Waals surface area contributed by atoms with Crippen molar-refractivity contribution in [2.45, 2.75) is 52.4 Å². The highest BCUT2D eigenvalue weighted by atomic mass is 15.4. The first-order valence-electron chi connectivity index (χ1n) is 31.7. The Morgan fingerprint density at radius 1 is 0.392 bits per heavy atom. The molecule has 0 aliphatic carbocycles. The first kappa shape index (κ1) is 39.0. The fraction of sp³-hybridized carbons (Fsp3) is 0.122. The summed E-state index contributed by atoms with van der Waals surface area (Å²) in [4.78, 5) is 13.8. The van der Waals surface area contributed by atoms with Crippen LogP contribution in [-0.2, 0) is 10.8 Å². The molecule has 0 saturated carbocycles. The number of aromatic nitrogens is 1. The van der Waals surface area contributed by atoms with E-state index < -0.39 is 65.8 Å². The first-order chi connectivity index (χ1) is 42.6. The highest BCUT2D eigenvalue weighted by molar-refractivity contribution is 6.04. The predicted octanol–water partition coefficient (Wildman–Crippen LogP) is 20.5. The summed E-state index contributed by atoms with van der Waals surface area (Å²) < 4.78 is 91.1. The lowest BCUT2D eigenvalue weighted by molar-refractivity contribution is 0.590. The molecule has 0 radical (unpaired) electrons. The van der Waals surface area contributed by atoms with Gasteiger partial charge in [0.2, 0.25) is 0 Å². The van der Waals surface area contributed by atoms with Gasteiger partial charge in [-0.25, -0.2) is 4.98 Å². The Morgan fingerprint density at radius 2 is 0.949 bits per heavy atom. The van der Waals surface area contributed by atoms with Gasteiger partial charge in [-0.1, -0.05) is 211 Å². The van der Waals surface area contributed by atoms with Crippen molar-refractivity contribution in [1.82, 2.24) is 4.98 Å². The number of nitrogens with zero attached hydrogens (tertiary/aromatic N) is 5.